The fourth-order valence-corrected chi connectivity index (χ4v) is 1.83. The van der Waals surface area contributed by atoms with Crippen molar-refractivity contribution in [1.82, 2.24) is 15.3 Å². The molecular weight excluding hydrogens is 268 g/mol. The molecule has 0 bridgehead atoms. The van der Waals surface area contributed by atoms with Gasteiger partial charge in [0.15, 0.2) is 0 Å². The summed E-state index contributed by atoms with van der Waals surface area (Å²) in [7, 11) is 3.36. The zero-order chi connectivity index (χ0) is 15.1. The van der Waals surface area contributed by atoms with Crippen LogP contribution in [-0.2, 0) is 6.42 Å². The van der Waals surface area contributed by atoms with Crippen molar-refractivity contribution in [2.75, 3.05) is 26.0 Å². The first-order chi connectivity index (χ1) is 10.2. The largest absolute Gasteiger partial charge is 0.497 e. The summed E-state index contributed by atoms with van der Waals surface area (Å²) >= 11 is 0. The Morgan fingerprint density at radius 3 is 2.95 bits per heavy atom. The zero-order valence-electron chi connectivity index (χ0n) is 12.1. The third-order valence-electron chi connectivity index (χ3n) is 2.96. The van der Waals surface area contributed by atoms with Crippen molar-refractivity contribution in [3.63, 3.8) is 0 Å². The average molecular weight is 286 g/mol. The summed E-state index contributed by atoms with van der Waals surface area (Å²) in [6.45, 7) is 0.525. The molecule has 0 saturated heterocycles. The summed E-state index contributed by atoms with van der Waals surface area (Å²) in [6.07, 6.45) is 3.73. The van der Waals surface area contributed by atoms with Gasteiger partial charge in [0.2, 0.25) is 0 Å². The highest BCUT2D eigenvalue weighted by molar-refractivity contribution is 5.92. The minimum absolute atomic E-state index is 0.234. The fraction of sp³-hybridized carbons (Fsp3) is 0.267. The molecule has 0 aliphatic carbocycles. The molecule has 0 aliphatic rings. The highest BCUT2D eigenvalue weighted by atomic mass is 16.5. The van der Waals surface area contributed by atoms with E-state index in [9.17, 15) is 4.79 Å². The molecule has 0 unspecified atom stereocenters. The molecule has 0 saturated carbocycles. The van der Waals surface area contributed by atoms with Crippen molar-refractivity contribution in [1.29, 1.82) is 0 Å². The quantitative estimate of drug-likeness (QED) is 0.841. The van der Waals surface area contributed by atoms with Crippen molar-refractivity contribution < 1.29 is 9.53 Å². The van der Waals surface area contributed by atoms with Gasteiger partial charge >= 0.3 is 0 Å². The van der Waals surface area contributed by atoms with Gasteiger partial charge in [0.25, 0.3) is 5.91 Å². The number of hydrogen-bond acceptors (Lipinski definition) is 5. The van der Waals surface area contributed by atoms with Gasteiger partial charge in [-0.25, -0.2) is 4.98 Å². The smallest absolute Gasteiger partial charge is 0.271 e. The molecule has 2 aromatic rings. The minimum atomic E-state index is -0.234. The van der Waals surface area contributed by atoms with Crippen LogP contribution in [0.1, 0.15) is 16.1 Å². The molecule has 0 spiro atoms. The maximum Gasteiger partial charge on any atom is 0.271 e. The van der Waals surface area contributed by atoms with Crippen LogP contribution in [0.5, 0.6) is 5.75 Å². The summed E-state index contributed by atoms with van der Waals surface area (Å²) in [5.74, 6) is 1.14. The number of benzene rings is 1. The summed E-state index contributed by atoms with van der Waals surface area (Å²) in [5, 5.41) is 5.68. The van der Waals surface area contributed by atoms with Gasteiger partial charge in [-0.1, -0.05) is 12.1 Å². The van der Waals surface area contributed by atoms with Gasteiger partial charge in [0, 0.05) is 13.6 Å². The second kappa shape index (κ2) is 7.23. The second-order valence-corrected chi connectivity index (χ2v) is 4.40. The number of aromatic nitrogens is 2. The van der Waals surface area contributed by atoms with Crippen LogP contribution >= 0.6 is 0 Å². The molecule has 1 heterocycles. The fourth-order valence-electron chi connectivity index (χ4n) is 1.83. The van der Waals surface area contributed by atoms with Crippen LogP contribution in [0, 0.1) is 0 Å². The molecule has 1 amide bonds. The van der Waals surface area contributed by atoms with E-state index in [0.717, 1.165) is 17.7 Å². The van der Waals surface area contributed by atoms with Crippen LogP contribution < -0.4 is 15.4 Å². The van der Waals surface area contributed by atoms with E-state index in [-0.39, 0.29) is 5.91 Å². The lowest BCUT2D eigenvalue weighted by atomic mass is 10.1. The van der Waals surface area contributed by atoms with Crippen molar-refractivity contribution in [2.24, 2.45) is 0 Å². The molecule has 1 aromatic carbocycles. The first-order valence-corrected chi connectivity index (χ1v) is 6.64. The highest BCUT2D eigenvalue weighted by Crippen LogP contribution is 2.12. The Bertz CT molecular complexity index is 616. The van der Waals surface area contributed by atoms with Crippen molar-refractivity contribution >= 4 is 11.7 Å². The lowest BCUT2D eigenvalue weighted by Crippen LogP contribution is -2.26. The molecular formula is C15H18N4O2. The number of carbonyl (C=O) groups excluding carboxylic acids is 1. The van der Waals surface area contributed by atoms with Crippen LogP contribution in [-0.4, -0.2) is 36.6 Å². The van der Waals surface area contributed by atoms with Gasteiger partial charge in [0.1, 0.15) is 17.3 Å². The molecule has 0 atom stereocenters. The maximum atomic E-state index is 12.0. The van der Waals surface area contributed by atoms with E-state index in [1.165, 1.54) is 6.20 Å². The van der Waals surface area contributed by atoms with E-state index in [0.29, 0.717) is 18.1 Å². The number of methoxy groups -OCH3 is 1. The summed E-state index contributed by atoms with van der Waals surface area (Å²) in [6, 6.07) is 7.77. The number of hydrogen-bond donors (Lipinski definition) is 2. The number of anilines is 1. The van der Waals surface area contributed by atoms with E-state index in [1.54, 1.807) is 20.4 Å². The van der Waals surface area contributed by atoms with Crippen LogP contribution in [0.2, 0.25) is 0 Å². The van der Waals surface area contributed by atoms with Gasteiger partial charge < -0.3 is 15.4 Å². The van der Waals surface area contributed by atoms with E-state index >= 15 is 0 Å². The van der Waals surface area contributed by atoms with Crippen LogP contribution in [0.3, 0.4) is 0 Å². The average Bonchev–Trinajstić information content (AvgIpc) is 2.55. The maximum absolute atomic E-state index is 12.0. The Hall–Kier alpha value is -2.63. The Morgan fingerprint density at radius 1 is 1.33 bits per heavy atom. The lowest BCUT2D eigenvalue weighted by Gasteiger charge is -2.07. The molecule has 0 radical (unpaired) electrons. The molecule has 2 rings (SSSR count). The molecule has 6 nitrogen and oxygen atoms in total. The van der Waals surface area contributed by atoms with E-state index in [2.05, 4.69) is 20.6 Å². The van der Waals surface area contributed by atoms with E-state index < -0.39 is 0 Å². The van der Waals surface area contributed by atoms with Crippen molar-refractivity contribution in [3.05, 3.63) is 47.9 Å². The number of rotatable bonds is 6. The molecule has 1 aromatic heterocycles. The van der Waals surface area contributed by atoms with Crippen molar-refractivity contribution in [2.45, 2.75) is 6.42 Å². The number of amides is 1. The molecule has 110 valence electrons. The van der Waals surface area contributed by atoms with Gasteiger partial charge in [-0.3, -0.25) is 9.78 Å². The molecule has 0 aliphatic heterocycles. The third-order valence-corrected chi connectivity index (χ3v) is 2.96. The second-order valence-electron chi connectivity index (χ2n) is 4.40. The minimum Gasteiger partial charge on any atom is -0.497 e. The van der Waals surface area contributed by atoms with Gasteiger partial charge in [0.05, 0.1) is 19.5 Å². The Morgan fingerprint density at radius 2 is 2.19 bits per heavy atom. The first-order valence-electron chi connectivity index (χ1n) is 6.64. The van der Waals surface area contributed by atoms with Crippen LogP contribution in [0.4, 0.5) is 5.82 Å². The zero-order valence-corrected chi connectivity index (χ0v) is 12.1. The summed E-state index contributed by atoms with van der Waals surface area (Å²) in [4.78, 5) is 20.1. The Balaban J connectivity index is 1.88. The summed E-state index contributed by atoms with van der Waals surface area (Å²) in [5.41, 5.74) is 1.40. The molecule has 21 heavy (non-hydrogen) atoms. The number of nitrogens with one attached hydrogen (secondary N) is 2. The van der Waals surface area contributed by atoms with E-state index in [4.69, 9.17) is 4.74 Å². The predicted molar refractivity (Wildman–Crippen MR) is 80.6 cm³/mol. The van der Waals surface area contributed by atoms with Gasteiger partial charge in [-0.15, -0.1) is 0 Å². The van der Waals surface area contributed by atoms with E-state index in [1.807, 2.05) is 24.3 Å². The first kappa shape index (κ1) is 14.8. The lowest BCUT2D eigenvalue weighted by molar-refractivity contribution is 0.0949. The van der Waals surface area contributed by atoms with Crippen LogP contribution in [0.15, 0.2) is 36.7 Å². The van der Waals surface area contributed by atoms with Gasteiger partial charge in [-0.2, -0.15) is 0 Å². The molecule has 0 fully saturated rings. The number of ether oxygens (including phenoxy) is 1. The molecule has 6 heteroatoms. The number of nitrogens with zero attached hydrogens (tertiary/aromatic N) is 2. The highest BCUT2D eigenvalue weighted by Gasteiger charge is 2.08. The Kier molecular flexibility index (Phi) is 5.09. The third kappa shape index (κ3) is 4.17. The monoisotopic (exact) mass is 286 g/mol. The van der Waals surface area contributed by atoms with Gasteiger partial charge in [-0.05, 0) is 24.1 Å². The Labute approximate surface area is 123 Å². The topological polar surface area (TPSA) is 76.1 Å². The predicted octanol–water partition coefficient (Wildman–Crippen LogP) is 1.50. The van der Waals surface area contributed by atoms with Crippen LogP contribution in [0.25, 0.3) is 0 Å². The number of carbonyl (C=O) groups is 1. The normalized spacial score (nSPS) is 10.0. The molecule has 2 N–H and O–H groups in total. The summed E-state index contributed by atoms with van der Waals surface area (Å²) < 4.78 is 5.16. The standard InChI is InChI=1S/C15H18N4O2/c1-16-14-10-17-9-13(19-14)15(20)18-7-6-11-4-3-5-12(8-11)21-2/h3-5,8-10H,6-7H2,1-2H3,(H,16,19)(H,18,20). The van der Waals surface area contributed by atoms with Crippen molar-refractivity contribution in [3.8, 4) is 5.75 Å². The SMILES string of the molecule is CNc1cncc(C(=O)NCCc2cccc(OC)c2)n1.